The predicted molar refractivity (Wildman–Crippen MR) is 68.6 cm³/mol. The number of benzene rings is 1. The van der Waals surface area contributed by atoms with Gasteiger partial charge in [-0.3, -0.25) is 0 Å². The number of ether oxygens (including phenoxy) is 1. The first-order valence-corrected chi connectivity index (χ1v) is 5.86. The van der Waals surface area contributed by atoms with Gasteiger partial charge < -0.3 is 4.74 Å². The van der Waals surface area contributed by atoms with Gasteiger partial charge in [-0.05, 0) is 50.2 Å². The maximum atomic E-state index is 11.5. The monoisotopic (exact) mass is 236 g/mol. The summed E-state index contributed by atoms with van der Waals surface area (Å²) >= 11 is 1.09. The van der Waals surface area contributed by atoms with Gasteiger partial charge in [-0.1, -0.05) is 24.8 Å². The number of hydrogen-bond acceptors (Lipinski definition) is 3. The highest BCUT2D eigenvalue weighted by Gasteiger charge is 2.16. The van der Waals surface area contributed by atoms with Crippen LogP contribution in [0.5, 0.6) is 0 Å². The molecule has 86 valence electrons. The predicted octanol–water partition coefficient (Wildman–Crippen LogP) is 4.36. The zero-order chi connectivity index (χ0) is 12.2. The summed E-state index contributed by atoms with van der Waals surface area (Å²) in [5, 5.41) is -0.279. The Labute approximate surface area is 101 Å². The molecule has 0 amide bonds. The van der Waals surface area contributed by atoms with Gasteiger partial charge in [-0.25, -0.2) is 4.79 Å². The molecule has 0 aliphatic rings. The van der Waals surface area contributed by atoms with Crippen molar-refractivity contribution in [3.63, 3.8) is 0 Å². The molecule has 0 aliphatic carbocycles. The van der Waals surface area contributed by atoms with Crippen molar-refractivity contribution >= 4 is 23.1 Å². The van der Waals surface area contributed by atoms with Crippen LogP contribution in [-0.2, 0) is 4.74 Å². The molecule has 1 aromatic rings. The van der Waals surface area contributed by atoms with Gasteiger partial charge in [0.25, 0.3) is 0 Å². The standard InChI is InChI=1S/C13H16O2S/c1-5-10-6-8-11(9-7-10)16-12(14)15-13(2,3)4/h5-9H,1H2,2-4H3. The smallest absolute Gasteiger partial charge is 0.372 e. The first kappa shape index (κ1) is 12.8. The highest BCUT2D eigenvalue weighted by molar-refractivity contribution is 8.13. The second kappa shape index (κ2) is 5.21. The average Bonchev–Trinajstić information content (AvgIpc) is 2.16. The number of carbonyl (C=O) groups is 1. The van der Waals surface area contributed by atoms with Crippen molar-refractivity contribution in [2.75, 3.05) is 0 Å². The summed E-state index contributed by atoms with van der Waals surface area (Å²) in [6.07, 6.45) is 1.77. The van der Waals surface area contributed by atoms with Crippen LogP contribution in [0.15, 0.2) is 35.7 Å². The summed E-state index contributed by atoms with van der Waals surface area (Å²) in [6, 6.07) is 7.59. The summed E-state index contributed by atoms with van der Waals surface area (Å²) in [4.78, 5) is 12.4. The van der Waals surface area contributed by atoms with Crippen LogP contribution < -0.4 is 0 Å². The SMILES string of the molecule is C=Cc1ccc(SC(=O)OC(C)(C)C)cc1. The molecule has 1 rings (SSSR count). The molecular weight excluding hydrogens is 220 g/mol. The van der Waals surface area contributed by atoms with Crippen molar-refractivity contribution in [1.82, 2.24) is 0 Å². The summed E-state index contributed by atoms with van der Waals surface area (Å²) in [5.74, 6) is 0. The van der Waals surface area contributed by atoms with E-state index in [4.69, 9.17) is 4.74 Å². The molecule has 0 aliphatic heterocycles. The molecule has 0 saturated carbocycles. The summed E-state index contributed by atoms with van der Waals surface area (Å²) in [5.41, 5.74) is 0.596. The van der Waals surface area contributed by atoms with Crippen LogP contribution in [0.2, 0.25) is 0 Å². The molecule has 0 atom stereocenters. The normalized spacial score (nSPS) is 10.9. The van der Waals surface area contributed by atoms with E-state index in [0.717, 1.165) is 22.2 Å². The highest BCUT2D eigenvalue weighted by atomic mass is 32.2. The van der Waals surface area contributed by atoms with E-state index in [1.54, 1.807) is 6.08 Å². The minimum Gasteiger partial charge on any atom is -0.452 e. The maximum Gasteiger partial charge on any atom is 0.372 e. The van der Waals surface area contributed by atoms with Gasteiger partial charge in [-0.15, -0.1) is 0 Å². The molecule has 0 bridgehead atoms. The van der Waals surface area contributed by atoms with Gasteiger partial charge in [0.1, 0.15) is 5.60 Å². The van der Waals surface area contributed by atoms with E-state index in [1.165, 1.54) is 0 Å². The summed E-state index contributed by atoms with van der Waals surface area (Å²) < 4.78 is 5.20. The Hall–Kier alpha value is -1.22. The van der Waals surface area contributed by atoms with Gasteiger partial charge in [0, 0.05) is 4.90 Å². The Morgan fingerprint density at radius 1 is 1.31 bits per heavy atom. The van der Waals surface area contributed by atoms with Crippen molar-refractivity contribution in [3.05, 3.63) is 36.4 Å². The zero-order valence-electron chi connectivity index (χ0n) is 9.82. The van der Waals surface area contributed by atoms with Crippen LogP contribution in [0.4, 0.5) is 4.79 Å². The average molecular weight is 236 g/mol. The second-order valence-corrected chi connectivity index (χ2v) is 5.35. The molecule has 0 heterocycles. The Kier molecular flexibility index (Phi) is 4.19. The molecule has 3 heteroatoms. The zero-order valence-corrected chi connectivity index (χ0v) is 10.6. The van der Waals surface area contributed by atoms with E-state index >= 15 is 0 Å². The first-order chi connectivity index (χ1) is 7.40. The van der Waals surface area contributed by atoms with Crippen LogP contribution in [0.1, 0.15) is 26.3 Å². The minimum atomic E-state index is -0.439. The largest absolute Gasteiger partial charge is 0.452 e. The Balaban J connectivity index is 2.59. The van der Waals surface area contributed by atoms with Gasteiger partial charge in [-0.2, -0.15) is 0 Å². The van der Waals surface area contributed by atoms with Gasteiger partial charge in [0.2, 0.25) is 0 Å². The van der Waals surface area contributed by atoms with E-state index in [1.807, 2.05) is 45.0 Å². The lowest BCUT2D eigenvalue weighted by Crippen LogP contribution is -2.21. The van der Waals surface area contributed by atoms with Crippen LogP contribution in [0.3, 0.4) is 0 Å². The van der Waals surface area contributed by atoms with Crippen LogP contribution >= 0.6 is 11.8 Å². The van der Waals surface area contributed by atoms with E-state index < -0.39 is 5.60 Å². The highest BCUT2D eigenvalue weighted by Crippen LogP contribution is 2.23. The van der Waals surface area contributed by atoms with Crippen molar-refractivity contribution in [3.8, 4) is 0 Å². The Morgan fingerprint density at radius 2 is 1.88 bits per heavy atom. The van der Waals surface area contributed by atoms with E-state index in [2.05, 4.69) is 6.58 Å². The number of rotatable bonds is 2. The van der Waals surface area contributed by atoms with E-state index in [9.17, 15) is 4.79 Å². The van der Waals surface area contributed by atoms with Crippen molar-refractivity contribution in [2.45, 2.75) is 31.3 Å². The fourth-order valence-corrected chi connectivity index (χ4v) is 1.80. The molecule has 0 saturated heterocycles. The number of carbonyl (C=O) groups excluding carboxylic acids is 1. The second-order valence-electron chi connectivity index (χ2n) is 4.34. The van der Waals surface area contributed by atoms with Gasteiger partial charge in [0.15, 0.2) is 0 Å². The number of hydrogen-bond donors (Lipinski definition) is 0. The van der Waals surface area contributed by atoms with E-state index in [-0.39, 0.29) is 5.30 Å². The minimum absolute atomic E-state index is 0.279. The topological polar surface area (TPSA) is 26.3 Å². The van der Waals surface area contributed by atoms with Gasteiger partial charge >= 0.3 is 5.30 Å². The number of thioether (sulfide) groups is 1. The molecule has 2 nitrogen and oxygen atoms in total. The molecule has 1 aromatic carbocycles. The molecule has 0 radical (unpaired) electrons. The van der Waals surface area contributed by atoms with E-state index in [0.29, 0.717) is 0 Å². The summed E-state index contributed by atoms with van der Waals surface area (Å²) in [6.45, 7) is 9.23. The fourth-order valence-electron chi connectivity index (χ4n) is 1.04. The maximum absolute atomic E-state index is 11.5. The van der Waals surface area contributed by atoms with Crippen LogP contribution in [-0.4, -0.2) is 10.9 Å². The van der Waals surface area contributed by atoms with Crippen molar-refractivity contribution < 1.29 is 9.53 Å². The molecule has 0 fully saturated rings. The van der Waals surface area contributed by atoms with Crippen molar-refractivity contribution in [2.24, 2.45) is 0 Å². The quantitative estimate of drug-likeness (QED) is 0.564. The Bertz CT molecular complexity index is 374. The lowest BCUT2D eigenvalue weighted by atomic mass is 10.2. The molecule has 0 spiro atoms. The third-order valence-corrected chi connectivity index (χ3v) is 2.46. The lowest BCUT2D eigenvalue weighted by Gasteiger charge is -2.18. The first-order valence-electron chi connectivity index (χ1n) is 5.04. The Morgan fingerprint density at radius 3 is 2.31 bits per heavy atom. The summed E-state index contributed by atoms with van der Waals surface area (Å²) in [7, 11) is 0. The third kappa shape index (κ3) is 4.53. The van der Waals surface area contributed by atoms with Crippen LogP contribution in [0.25, 0.3) is 6.08 Å². The fraction of sp³-hybridized carbons (Fsp3) is 0.308. The molecule has 0 N–H and O–H groups in total. The molecule has 16 heavy (non-hydrogen) atoms. The lowest BCUT2D eigenvalue weighted by molar-refractivity contribution is 0.0738. The van der Waals surface area contributed by atoms with Gasteiger partial charge in [0.05, 0.1) is 0 Å². The molecular formula is C13H16O2S. The van der Waals surface area contributed by atoms with Crippen molar-refractivity contribution in [1.29, 1.82) is 0 Å². The molecule has 0 unspecified atom stereocenters. The van der Waals surface area contributed by atoms with Crippen LogP contribution in [0, 0.1) is 0 Å². The molecule has 0 aromatic heterocycles. The third-order valence-electron chi connectivity index (χ3n) is 1.71.